The standard InChI is InChI=1S/C20H27O4.C19H25O5.26Y/c1-11-8-16(12(2)22)19(4)7-6-15-13(3)24-14(10-21)9-20(15,5)18(19)17(11)23;1-10-7-14(11(2)21)18(3)6-5-13-17(23)24-12(9-20)8-19(13,4)16(18)15(10)22;;;;;;;;;;;;;;;;;;;;;;;;;;/h11,14-16,18H,3,6-9H2,1-2,4-5H3;10,12-14,16H,5-8H2,1-4H3;;;;;;;;;;;;;;;;;;;;;;;;;;/q2*-1;;;;;;;;;;;;;;;;;;;;;;;;;;/t11-,14-,15+,16+,18+,19+,20+;10-,12+,13-,14-,16-,18-,19-;;;;;;;;;;;;;;;;;;;;;;;;;;/m10........................../s1. The molecule has 342 valence electrons. The number of ether oxygens (including phenoxy) is 2. The fraction of sp³-hybridized carbons (Fsp3) is 0.769. The number of ketones is 4. The molecular weight excluding hydrogens is 2920 g/mol. The van der Waals surface area contributed by atoms with E-state index in [0.717, 1.165) is 12.8 Å². The van der Waals surface area contributed by atoms with Crippen molar-refractivity contribution in [3.05, 3.63) is 12.3 Å². The third-order valence-corrected chi connectivity index (χ3v) is 14.2. The zero-order valence-electron chi connectivity index (χ0n) is 44.8. The second-order valence-corrected chi connectivity index (χ2v) is 17.1. The number of fused-ring (bicyclic) bond motifs is 6. The van der Waals surface area contributed by atoms with Crippen LogP contribution in [0.4, 0.5) is 0 Å². The topological polar surface area (TPSA) is 138 Å². The number of allylic oxidation sites excluding steroid dienone is 1. The molecule has 6 fully saturated rings. The number of hydrogen-bond acceptors (Lipinski definition) is 9. The Morgan fingerprint density at radius 3 is 0.986 bits per heavy atom. The molecule has 74 heavy (non-hydrogen) atoms. The minimum absolute atomic E-state index is 0. The van der Waals surface area contributed by atoms with Crippen molar-refractivity contribution in [3.8, 4) is 0 Å². The third-order valence-electron chi connectivity index (χ3n) is 14.2. The molecule has 6 aliphatic rings. The average molecular weight is 2980 g/mol. The van der Waals surface area contributed by atoms with E-state index in [1.165, 1.54) is 0 Å². The van der Waals surface area contributed by atoms with E-state index in [1.807, 2.05) is 34.0 Å². The van der Waals surface area contributed by atoms with Crippen molar-refractivity contribution in [2.24, 2.45) is 69.0 Å². The van der Waals surface area contributed by atoms with E-state index >= 15 is 0 Å². The first-order chi connectivity index (χ1) is 22.3. The molecule has 0 aromatic carbocycles. The molecule has 14 atom stereocenters. The van der Waals surface area contributed by atoms with Crippen LogP contribution in [-0.2, 0) is 893 Å². The van der Waals surface area contributed by atoms with Crippen LogP contribution in [-0.4, -0.2) is 53.9 Å². The molecule has 0 bridgehead atoms. The van der Waals surface area contributed by atoms with E-state index in [9.17, 15) is 33.6 Å². The van der Waals surface area contributed by atoms with Crippen LogP contribution in [0.2, 0.25) is 0 Å². The number of hydrogen-bond donors (Lipinski definition) is 0. The van der Waals surface area contributed by atoms with Gasteiger partial charge in [0.15, 0.2) is 0 Å². The van der Waals surface area contributed by atoms with Crippen molar-refractivity contribution in [2.75, 3.05) is 0 Å². The Kier molecular flexibility index (Phi) is 170. The molecule has 4 aliphatic carbocycles. The van der Waals surface area contributed by atoms with Crippen LogP contribution in [0.15, 0.2) is 12.3 Å². The SMILES string of the molecule is C=C1O[C@@H]([C-]=O)C[C@]2(C)[C@H]3C(=O)[C@H](C)C[C@@H](C(C)=O)[C@]3(C)CC[C@@H]12.CC(=O)[C@@H]1C[C@H](C)C(=O)[C@H]2[C@@]1(C)CC[C@H]1C(=O)O[C@@H]([C-]=O)C[C@]21C.[Y].[Y].[Y].[Y].[Y].[Y].[Y].[Y].[Y].[Y].[Y].[Y].[Y].[Y].[Y].[Y].[Y].[Y].[Y].[Y].[Y].[Y].[Y].[Y].[Y].[Y]. The molecule has 35 heteroatoms. The van der Waals surface area contributed by atoms with Crippen molar-refractivity contribution in [2.45, 2.75) is 119 Å². The van der Waals surface area contributed by atoms with Gasteiger partial charge in [0.25, 0.3) is 0 Å². The Labute approximate surface area is 1100 Å². The smallest absolute Gasteiger partial charge is 0.307 e. The molecule has 0 amide bonds. The van der Waals surface area contributed by atoms with Gasteiger partial charge in [-0.1, -0.05) is 48.1 Å². The van der Waals surface area contributed by atoms with E-state index in [-0.39, 0.29) is 920 Å². The van der Waals surface area contributed by atoms with Gasteiger partial charge in [-0.05, 0) is 86.9 Å². The predicted octanol–water partition coefficient (Wildman–Crippen LogP) is 5.45. The molecule has 2 heterocycles. The Morgan fingerprint density at radius 2 is 0.716 bits per heavy atom. The van der Waals surface area contributed by atoms with Gasteiger partial charge in [-0.2, -0.15) is 0 Å². The maximum atomic E-state index is 13.2. The fourth-order valence-electron chi connectivity index (χ4n) is 12.1. The second-order valence-electron chi connectivity index (χ2n) is 17.1. The number of carbonyl (C=O) groups is 5. The summed E-state index contributed by atoms with van der Waals surface area (Å²) in [5, 5.41) is 0. The Bertz CT molecular complexity index is 1390. The van der Waals surface area contributed by atoms with Gasteiger partial charge in [-0.3, -0.25) is 24.0 Å². The summed E-state index contributed by atoms with van der Waals surface area (Å²) < 4.78 is 10.8. The largest absolute Gasteiger partial charge is 0.538 e. The van der Waals surface area contributed by atoms with Crippen molar-refractivity contribution < 1.29 is 893 Å². The Hall–Kier alpha value is 25.7. The number of esters is 1. The van der Waals surface area contributed by atoms with E-state index in [0.29, 0.717) is 44.3 Å². The molecular formula is C39H52O9Y26-2. The van der Waals surface area contributed by atoms with Gasteiger partial charge in [-0.25, -0.2) is 12.6 Å². The fourth-order valence-corrected chi connectivity index (χ4v) is 12.1. The van der Waals surface area contributed by atoms with Gasteiger partial charge in [0.2, 0.25) is 0 Å². The van der Waals surface area contributed by atoms with Gasteiger partial charge in [0.1, 0.15) is 23.1 Å². The molecule has 2 saturated heterocycles. The summed E-state index contributed by atoms with van der Waals surface area (Å²) in [4.78, 5) is 85.8. The second kappa shape index (κ2) is 78.3. The predicted molar refractivity (Wildman–Crippen MR) is 175 cm³/mol. The van der Waals surface area contributed by atoms with Crippen LogP contribution in [0.5, 0.6) is 0 Å². The van der Waals surface area contributed by atoms with Crippen LogP contribution in [0.25, 0.3) is 0 Å². The maximum absolute atomic E-state index is 13.2. The Balaban J connectivity index is -0.0000000270. The van der Waals surface area contributed by atoms with E-state index in [1.54, 1.807) is 20.1 Å². The number of rotatable bonds is 4. The van der Waals surface area contributed by atoms with Crippen LogP contribution in [0.1, 0.15) is 107 Å². The van der Waals surface area contributed by atoms with Gasteiger partial charge in [-0.15, -0.1) is 0 Å². The van der Waals surface area contributed by atoms with E-state index < -0.39 is 40.3 Å². The van der Waals surface area contributed by atoms with Gasteiger partial charge < -0.3 is 19.1 Å². The zero-order chi connectivity index (χ0) is 35.7. The minimum atomic E-state index is -0.915. The first-order valence-electron chi connectivity index (χ1n) is 17.7. The molecule has 0 aromatic rings. The molecule has 0 unspecified atom stereocenters. The summed E-state index contributed by atoms with van der Waals surface area (Å²) in [6.07, 6.45) is 7.09. The van der Waals surface area contributed by atoms with Crippen molar-refractivity contribution in [1.82, 2.24) is 0 Å². The summed E-state index contributed by atoms with van der Waals surface area (Å²) in [6, 6.07) is 0. The van der Waals surface area contributed by atoms with E-state index in [2.05, 4.69) is 20.4 Å². The average Bonchev–Trinajstić information content (AvgIpc) is 2.99. The van der Waals surface area contributed by atoms with Crippen LogP contribution < -0.4 is 0 Å². The zero-order valence-corrected chi connectivity index (χ0v) is 119. The minimum Gasteiger partial charge on any atom is -0.538 e. The first kappa shape index (κ1) is 161. The molecule has 0 N–H and O–H groups in total. The Morgan fingerprint density at radius 1 is 0.459 bits per heavy atom. The molecule has 4 saturated carbocycles. The summed E-state index contributed by atoms with van der Waals surface area (Å²) in [7, 11) is 0. The van der Waals surface area contributed by atoms with Crippen LogP contribution in [0.3, 0.4) is 0 Å². The molecule has 9 nitrogen and oxygen atoms in total. The van der Waals surface area contributed by atoms with Gasteiger partial charge in [0.05, 0.1) is 11.7 Å². The monoisotopic (exact) mass is 2980 g/mol. The summed E-state index contributed by atoms with van der Waals surface area (Å²) in [6.45, 7) is 19.2. The quantitative estimate of drug-likeness (QED) is 0.266. The summed E-state index contributed by atoms with van der Waals surface area (Å²) in [5.41, 5.74) is -1.84. The van der Waals surface area contributed by atoms with Gasteiger partial charge >= 0.3 is 5.97 Å². The number of cyclic esters (lactones) is 1. The summed E-state index contributed by atoms with van der Waals surface area (Å²) >= 11 is 0. The molecule has 2 aliphatic heterocycles. The van der Waals surface area contributed by atoms with Crippen molar-refractivity contribution >= 4 is 41.7 Å². The molecule has 0 aromatic heterocycles. The number of carbonyl (C=O) groups excluding carboxylic acids is 7. The van der Waals surface area contributed by atoms with E-state index in [4.69, 9.17) is 9.47 Å². The van der Waals surface area contributed by atoms with Crippen LogP contribution >= 0.6 is 0 Å². The van der Waals surface area contributed by atoms with Gasteiger partial charge in [0, 0.05) is 904 Å². The molecule has 0 spiro atoms. The number of Topliss-reactive ketones (excluding diaryl/α,β-unsaturated/α-hetero) is 4. The van der Waals surface area contributed by atoms with Crippen molar-refractivity contribution in [1.29, 1.82) is 0 Å². The van der Waals surface area contributed by atoms with Crippen molar-refractivity contribution in [3.63, 3.8) is 0 Å². The maximum Gasteiger partial charge on any atom is 0.307 e. The first-order valence-corrected chi connectivity index (χ1v) is 17.7. The normalized spacial score (nSPS) is 31.2. The molecule has 6 rings (SSSR count). The van der Waals surface area contributed by atoms with Crippen LogP contribution in [0, 0.1) is 69.0 Å². The molecule has 26 radical (unpaired) electrons. The summed E-state index contributed by atoms with van der Waals surface area (Å²) in [5.74, 6) is -0.711. The third kappa shape index (κ3) is 41.9.